The topological polar surface area (TPSA) is 129 Å². The third kappa shape index (κ3) is 2.82. The highest BCUT2D eigenvalue weighted by Crippen LogP contribution is 2.40. The Morgan fingerprint density at radius 1 is 1.35 bits per heavy atom. The van der Waals surface area contributed by atoms with Gasteiger partial charge >= 0.3 is 0 Å². The molecule has 0 atom stereocenters. The van der Waals surface area contributed by atoms with E-state index in [1.165, 1.54) is 24.6 Å². The van der Waals surface area contributed by atoms with Crippen LogP contribution in [0.25, 0.3) is 22.6 Å². The molecule has 0 aliphatic carbocycles. The number of aromatic nitrogens is 2. The lowest BCUT2D eigenvalue weighted by Crippen LogP contribution is -2.04. The first-order chi connectivity index (χ1) is 10.6. The number of halogens is 1. The molecule has 0 spiro atoms. The molecular weight excluding hydrogens is 364 g/mol. The number of rotatable bonds is 2. The van der Waals surface area contributed by atoms with Gasteiger partial charge in [-0.25, -0.2) is 4.98 Å². The number of nitrogens with one attached hydrogen (secondary N) is 1. The van der Waals surface area contributed by atoms with Crippen molar-refractivity contribution in [2.45, 2.75) is 0 Å². The van der Waals surface area contributed by atoms with E-state index < -0.39 is 0 Å². The predicted molar refractivity (Wildman–Crippen MR) is 89.1 cm³/mol. The van der Waals surface area contributed by atoms with Crippen LogP contribution in [0.2, 0.25) is 0 Å². The summed E-state index contributed by atoms with van der Waals surface area (Å²) in [5.41, 5.74) is 6.33. The Bertz CT molecular complexity index is 922. The van der Waals surface area contributed by atoms with E-state index in [4.69, 9.17) is 15.4 Å². The number of aromatic hydroxyl groups is 1. The summed E-state index contributed by atoms with van der Waals surface area (Å²) >= 11 is 0. The first-order valence-electron chi connectivity index (χ1n) is 6.27. The van der Waals surface area contributed by atoms with Gasteiger partial charge in [0.2, 0.25) is 5.56 Å². The summed E-state index contributed by atoms with van der Waals surface area (Å²) < 4.78 is 5.30. The highest BCUT2D eigenvalue weighted by molar-refractivity contribution is 8.93. The second-order valence-electron chi connectivity index (χ2n) is 4.47. The van der Waals surface area contributed by atoms with Crippen LogP contribution >= 0.6 is 17.0 Å². The average Bonchev–Trinajstić information content (AvgIpc) is 3.03. The van der Waals surface area contributed by atoms with E-state index >= 15 is 0 Å². The molecule has 8 heteroatoms. The Labute approximate surface area is 140 Å². The minimum Gasteiger partial charge on any atom is -0.506 e. The van der Waals surface area contributed by atoms with Gasteiger partial charge in [0.05, 0.1) is 11.8 Å². The molecule has 4 N–H and O–H groups in total. The van der Waals surface area contributed by atoms with Gasteiger partial charge in [0.1, 0.15) is 28.9 Å². The number of pyridine rings is 2. The van der Waals surface area contributed by atoms with Gasteiger partial charge in [-0.3, -0.25) is 4.79 Å². The number of hydrogen-bond acceptors (Lipinski definition) is 6. The van der Waals surface area contributed by atoms with E-state index in [0.29, 0.717) is 11.3 Å². The Morgan fingerprint density at radius 2 is 2.13 bits per heavy atom. The summed E-state index contributed by atoms with van der Waals surface area (Å²) in [7, 11) is 0. The molecular formula is C15H11BrN4O3. The number of furan rings is 1. The Kier molecular flexibility index (Phi) is 4.52. The van der Waals surface area contributed by atoms with Crippen LogP contribution in [0.15, 0.2) is 45.9 Å². The molecule has 0 unspecified atom stereocenters. The van der Waals surface area contributed by atoms with Gasteiger partial charge in [0.15, 0.2) is 5.76 Å². The lowest BCUT2D eigenvalue weighted by atomic mass is 10.0. The zero-order valence-corrected chi connectivity index (χ0v) is 13.3. The first-order valence-corrected chi connectivity index (χ1v) is 6.27. The van der Waals surface area contributed by atoms with E-state index in [2.05, 4.69) is 9.97 Å². The molecule has 23 heavy (non-hydrogen) atoms. The molecule has 0 fully saturated rings. The molecule has 0 bridgehead atoms. The number of nitrogens with zero attached hydrogens (tertiary/aromatic N) is 2. The summed E-state index contributed by atoms with van der Waals surface area (Å²) in [4.78, 5) is 17.9. The van der Waals surface area contributed by atoms with Crippen LogP contribution in [0.1, 0.15) is 5.56 Å². The van der Waals surface area contributed by atoms with Gasteiger partial charge in [0, 0.05) is 17.8 Å². The predicted octanol–water partition coefficient (Wildman–Crippen LogP) is 2.43. The fourth-order valence-corrected chi connectivity index (χ4v) is 2.13. The summed E-state index contributed by atoms with van der Waals surface area (Å²) in [6.45, 7) is 0. The SMILES string of the molecule is Br.N#Cc1c(N)nc(-c2ccco2)c(-c2ccc(=O)[nH]c2)c1O. The van der Waals surface area contributed by atoms with Crippen LogP contribution in [-0.2, 0) is 0 Å². The maximum atomic E-state index is 11.2. The number of anilines is 1. The standard InChI is InChI=1S/C15H10N4O3.BrH/c16-6-9-14(21)12(8-3-4-11(20)18-7-8)13(19-15(9)17)10-2-1-5-22-10;/h1-5,7H,(H,18,20)(H3,17,19,21);1H. The number of aromatic amines is 1. The van der Waals surface area contributed by atoms with Crippen LogP contribution in [0.4, 0.5) is 5.82 Å². The van der Waals surface area contributed by atoms with Crippen molar-refractivity contribution in [1.29, 1.82) is 5.26 Å². The van der Waals surface area contributed by atoms with E-state index in [9.17, 15) is 9.90 Å². The van der Waals surface area contributed by atoms with Crippen LogP contribution in [0.3, 0.4) is 0 Å². The van der Waals surface area contributed by atoms with Crippen LogP contribution in [0, 0.1) is 11.3 Å². The molecule has 116 valence electrons. The van der Waals surface area contributed by atoms with Crippen molar-refractivity contribution in [3.05, 3.63) is 52.6 Å². The normalized spacial score (nSPS) is 9.87. The molecule has 3 heterocycles. The number of nitrogen functional groups attached to an aromatic ring is 1. The first kappa shape index (κ1) is 16.3. The maximum absolute atomic E-state index is 11.2. The molecule has 3 aromatic heterocycles. The van der Waals surface area contributed by atoms with Gasteiger partial charge in [-0.15, -0.1) is 17.0 Å². The number of H-pyrrole nitrogens is 1. The fraction of sp³-hybridized carbons (Fsp3) is 0. The van der Waals surface area contributed by atoms with Crippen molar-refractivity contribution in [3.63, 3.8) is 0 Å². The third-order valence-corrected chi connectivity index (χ3v) is 3.14. The number of nitriles is 1. The molecule has 3 aromatic rings. The monoisotopic (exact) mass is 374 g/mol. The molecule has 0 aliphatic rings. The van der Waals surface area contributed by atoms with E-state index in [-0.39, 0.29) is 50.9 Å². The van der Waals surface area contributed by atoms with Crippen molar-refractivity contribution in [3.8, 4) is 34.4 Å². The molecule has 0 radical (unpaired) electrons. The largest absolute Gasteiger partial charge is 0.506 e. The molecule has 0 aliphatic heterocycles. The second-order valence-corrected chi connectivity index (χ2v) is 4.47. The minimum absolute atomic E-state index is 0. The molecule has 0 amide bonds. The summed E-state index contributed by atoms with van der Waals surface area (Å²) in [5, 5.41) is 19.5. The average molecular weight is 375 g/mol. The molecule has 0 saturated carbocycles. The lowest BCUT2D eigenvalue weighted by Gasteiger charge is -2.12. The maximum Gasteiger partial charge on any atom is 0.247 e. The van der Waals surface area contributed by atoms with Crippen LogP contribution in [-0.4, -0.2) is 15.1 Å². The van der Waals surface area contributed by atoms with E-state index in [0.717, 1.165) is 0 Å². The molecule has 0 aromatic carbocycles. The van der Waals surface area contributed by atoms with Gasteiger partial charge in [-0.05, 0) is 18.2 Å². The van der Waals surface area contributed by atoms with Gasteiger partial charge in [0.25, 0.3) is 0 Å². The Morgan fingerprint density at radius 3 is 2.70 bits per heavy atom. The van der Waals surface area contributed by atoms with Gasteiger partial charge < -0.3 is 20.2 Å². The number of hydrogen-bond donors (Lipinski definition) is 3. The number of nitrogens with two attached hydrogens (primary N) is 1. The van der Waals surface area contributed by atoms with Crippen molar-refractivity contribution >= 4 is 22.8 Å². The zero-order chi connectivity index (χ0) is 15.7. The van der Waals surface area contributed by atoms with Crippen molar-refractivity contribution in [1.82, 2.24) is 9.97 Å². The van der Waals surface area contributed by atoms with Crippen molar-refractivity contribution < 1.29 is 9.52 Å². The van der Waals surface area contributed by atoms with E-state index in [1.54, 1.807) is 12.1 Å². The Hall–Kier alpha value is -3.05. The zero-order valence-electron chi connectivity index (χ0n) is 11.6. The fourth-order valence-electron chi connectivity index (χ4n) is 2.13. The molecule has 0 saturated heterocycles. The van der Waals surface area contributed by atoms with Gasteiger partial charge in [-0.1, -0.05) is 0 Å². The van der Waals surface area contributed by atoms with Crippen molar-refractivity contribution in [2.75, 3.05) is 5.73 Å². The molecule has 3 rings (SSSR count). The second kappa shape index (κ2) is 6.37. The quantitative estimate of drug-likeness (QED) is 0.631. The molecule has 7 nitrogen and oxygen atoms in total. The lowest BCUT2D eigenvalue weighted by molar-refractivity contribution is 0.475. The Balaban J connectivity index is 0.00000192. The minimum atomic E-state index is -0.312. The summed E-state index contributed by atoms with van der Waals surface area (Å²) in [6, 6.07) is 7.96. The van der Waals surface area contributed by atoms with Crippen molar-refractivity contribution in [2.24, 2.45) is 0 Å². The highest BCUT2D eigenvalue weighted by Gasteiger charge is 2.22. The third-order valence-electron chi connectivity index (χ3n) is 3.14. The van der Waals surface area contributed by atoms with Crippen LogP contribution < -0.4 is 11.3 Å². The summed E-state index contributed by atoms with van der Waals surface area (Å²) in [5.74, 6) is -0.0271. The van der Waals surface area contributed by atoms with Gasteiger partial charge in [-0.2, -0.15) is 5.26 Å². The van der Waals surface area contributed by atoms with Crippen LogP contribution in [0.5, 0.6) is 5.75 Å². The van der Waals surface area contributed by atoms with E-state index in [1.807, 2.05) is 6.07 Å². The smallest absolute Gasteiger partial charge is 0.247 e. The summed E-state index contributed by atoms with van der Waals surface area (Å²) in [6.07, 6.45) is 2.88. The highest BCUT2D eigenvalue weighted by atomic mass is 79.9.